The van der Waals surface area contributed by atoms with Gasteiger partial charge in [0.15, 0.2) is 0 Å². The van der Waals surface area contributed by atoms with Gasteiger partial charge >= 0.3 is 0 Å². The molecule has 2 rings (SSSR count). The van der Waals surface area contributed by atoms with Crippen molar-refractivity contribution in [3.05, 3.63) is 17.8 Å². The Labute approximate surface area is 95.8 Å². The van der Waals surface area contributed by atoms with Gasteiger partial charge in [-0.2, -0.15) is 0 Å². The van der Waals surface area contributed by atoms with Crippen molar-refractivity contribution in [2.24, 2.45) is 5.73 Å². The molecule has 1 saturated carbocycles. The van der Waals surface area contributed by atoms with Crippen LogP contribution in [-0.2, 0) is 5.41 Å². The molecule has 0 atom stereocenters. The molecule has 0 aromatic carbocycles. The van der Waals surface area contributed by atoms with E-state index in [0.29, 0.717) is 12.4 Å². The van der Waals surface area contributed by atoms with Crippen molar-refractivity contribution < 1.29 is 9.47 Å². The minimum absolute atomic E-state index is 0.205. The Morgan fingerprint density at radius 3 is 2.62 bits per heavy atom. The smallest absolute Gasteiger partial charge is 0.213 e. The van der Waals surface area contributed by atoms with Gasteiger partial charge < -0.3 is 15.2 Å². The quantitative estimate of drug-likeness (QED) is 0.819. The number of hydrogen-bond acceptors (Lipinski definition) is 4. The van der Waals surface area contributed by atoms with Crippen LogP contribution in [0.5, 0.6) is 11.6 Å². The number of ether oxygens (including phenoxy) is 2. The van der Waals surface area contributed by atoms with Gasteiger partial charge in [-0.1, -0.05) is 0 Å². The van der Waals surface area contributed by atoms with Crippen LogP contribution in [0.15, 0.2) is 12.3 Å². The molecule has 0 unspecified atom stereocenters. The number of hydrogen-bond donors (Lipinski definition) is 1. The molecule has 0 amide bonds. The number of aromatic nitrogens is 1. The Bertz CT molecular complexity index is 375. The Kier molecular flexibility index (Phi) is 3.01. The fraction of sp³-hybridized carbons (Fsp3) is 0.583. The Balaban J connectivity index is 2.37. The average Bonchev–Trinajstić information content (AvgIpc) is 3.09. The van der Waals surface area contributed by atoms with E-state index in [2.05, 4.69) is 4.98 Å². The normalized spacial score (nSPS) is 16.9. The van der Waals surface area contributed by atoms with Crippen LogP contribution < -0.4 is 15.2 Å². The summed E-state index contributed by atoms with van der Waals surface area (Å²) < 4.78 is 10.5. The third kappa shape index (κ3) is 1.85. The Hall–Kier alpha value is -1.29. The second kappa shape index (κ2) is 4.29. The van der Waals surface area contributed by atoms with Gasteiger partial charge in [0.2, 0.25) is 5.88 Å². The topological polar surface area (TPSA) is 57.4 Å². The van der Waals surface area contributed by atoms with Crippen LogP contribution >= 0.6 is 0 Å². The summed E-state index contributed by atoms with van der Waals surface area (Å²) in [5.41, 5.74) is 7.06. The zero-order chi connectivity index (χ0) is 11.6. The van der Waals surface area contributed by atoms with Crippen LogP contribution in [0.4, 0.5) is 0 Å². The van der Waals surface area contributed by atoms with E-state index in [4.69, 9.17) is 15.2 Å². The van der Waals surface area contributed by atoms with Crippen LogP contribution in [0.25, 0.3) is 0 Å². The molecule has 4 nitrogen and oxygen atoms in total. The zero-order valence-electron chi connectivity index (χ0n) is 9.82. The van der Waals surface area contributed by atoms with Gasteiger partial charge in [0.05, 0.1) is 20.4 Å². The van der Waals surface area contributed by atoms with E-state index in [1.807, 2.05) is 6.07 Å². The van der Waals surface area contributed by atoms with Crippen molar-refractivity contribution in [3.63, 3.8) is 0 Å². The van der Waals surface area contributed by atoms with Gasteiger partial charge in [-0.3, -0.25) is 0 Å². The van der Waals surface area contributed by atoms with Crippen molar-refractivity contribution in [2.75, 3.05) is 20.8 Å². The average molecular weight is 222 g/mol. The van der Waals surface area contributed by atoms with E-state index in [1.54, 1.807) is 20.4 Å². The lowest BCUT2D eigenvalue weighted by atomic mass is 9.92. The van der Waals surface area contributed by atoms with E-state index in [-0.39, 0.29) is 5.41 Å². The maximum Gasteiger partial charge on any atom is 0.213 e. The van der Waals surface area contributed by atoms with E-state index < -0.39 is 0 Å². The van der Waals surface area contributed by atoms with Crippen molar-refractivity contribution in [1.29, 1.82) is 0 Å². The van der Waals surface area contributed by atoms with Crippen molar-refractivity contribution >= 4 is 0 Å². The van der Waals surface area contributed by atoms with Gasteiger partial charge in [0.25, 0.3) is 0 Å². The van der Waals surface area contributed by atoms with Crippen molar-refractivity contribution in [3.8, 4) is 11.6 Å². The highest BCUT2D eigenvalue weighted by Gasteiger charge is 2.45. The first kappa shape index (κ1) is 11.2. The summed E-state index contributed by atoms with van der Waals surface area (Å²) in [4.78, 5) is 4.15. The number of nitrogens with two attached hydrogens (primary N) is 1. The van der Waals surface area contributed by atoms with E-state index in [0.717, 1.165) is 12.2 Å². The summed E-state index contributed by atoms with van der Waals surface area (Å²) in [6.07, 6.45) is 5.07. The monoisotopic (exact) mass is 222 g/mol. The summed E-state index contributed by atoms with van der Waals surface area (Å²) in [6.45, 7) is 0.702. The Morgan fingerprint density at radius 1 is 1.38 bits per heavy atom. The first-order valence-electron chi connectivity index (χ1n) is 5.54. The maximum atomic E-state index is 5.67. The highest BCUT2D eigenvalue weighted by Crippen LogP contribution is 2.53. The van der Waals surface area contributed by atoms with Gasteiger partial charge in [0, 0.05) is 17.0 Å². The van der Waals surface area contributed by atoms with E-state index in [9.17, 15) is 0 Å². The maximum absolute atomic E-state index is 5.67. The Morgan fingerprint density at radius 2 is 2.12 bits per heavy atom. The summed E-state index contributed by atoms with van der Waals surface area (Å²) in [5.74, 6) is 1.48. The number of methoxy groups -OCH3 is 2. The molecular formula is C12H18N2O2. The molecule has 1 heterocycles. The summed E-state index contributed by atoms with van der Waals surface area (Å²) in [7, 11) is 3.30. The fourth-order valence-corrected chi connectivity index (χ4v) is 2.19. The lowest BCUT2D eigenvalue weighted by Gasteiger charge is -2.18. The SMILES string of the molecule is COc1cc(C2(CCN)CC2)c(OC)cn1. The second-order valence-electron chi connectivity index (χ2n) is 4.25. The molecule has 1 aromatic rings. The summed E-state index contributed by atoms with van der Waals surface area (Å²) >= 11 is 0. The minimum atomic E-state index is 0.205. The largest absolute Gasteiger partial charge is 0.495 e. The van der Waals surface area contributed by atoms with Gasteiger partial charge in [-0.25, -0.2) is 4.98 Å². The molecule has 0 aliphatic heterocycles. The molecule has 16 heavy (non-hydrogen) atoms. The van der Waals surface area contributed by atoms with Crippen LogP contribution in [-0.4, -0.2) is 25.7 Å². The molecule has 4 heteroatoms. The summed E-state index contributed by atoms with van der Waals surface area (Å²) in [5, 5.41) is 0. The lowest BCUT2D eigenvalue weighted by molar-refractivity contribution is 0.379. The third-order valence-electron chi connectivity index (χ3n) is 3.32. The zero-order valence-corrected chi connectivity index (χ0v) is 9.82. The number of nitrogens with zero attached hydrogens (tertiary/aromatic N) is 1. The predicted octanol–water partition coefficient (Wildman–Crippen LogP) is 1.48. The van der Waals surface area contributed by atoms with Gasteiger partial charge in [0.1, 0.15) is 5.75 Å². The van der Waals surface area contributed by atoms with Crippen LogP contribution in [0.3, 0.4) is 0 Å². The molecule has 0 bridgehead atoms. The fourth-order valence-electron chi connectivity index (χ4n) is 2.19. The molecule has 2 N–H and O–H groups in total. The minimum Gasteiger partial charge on any atom is -0.495 e. The molecule has 0 saturated heterocycles. The van der Waals surface area contributed by atoms with Gasteiger partial charge in [-0.05, 0) is 25.8 Å². The highest BCUT2D eigenvalue weighted by molar-refractivity contribution is 5.44. The molecular weight excluding hydrogens is 204 g/mol. The first-order valence-corrected chi connectivity index (χ1v) is 5.54. The number of rotatable bonds is 5. The molecule has 1 aliphatic carbocycles. The van der Waals surface area contributed by atoms with Crippen molar-refractivity contribution in [1.82, 2.24) is 4.98 Å². The van der Waals surface area contributed by atoms with Crippen molar-refractivity contribution in [2.45, 2.75) is 24.7 Å². The van der Waals surface area contributed by atoms with Crippen LogP contribution in [0.1, 0.15) is 24.8 Å². The van der Waals surface area contributed by atoms with E-state index in [1.165, 1.54) is 18.4 Å². The standard InChI is InChI=1S/C12H18N2O2/c1-15-10-8-14-11(16-2)7-9(10)12(3-4-12)5-6-13/h7-8H,3-6,13H2,1-2H3. The van der Waals surface area contributed by atoms with E-state index >= 15 is 0 Å². The molecule has 88 valence electrons. The molecule has 1 aliphatic rings. The third-order valence-corrected chi connectivity index (χ3v) is 3.32. The molecule has 0 spiro atoms. The highest BCUT2D eigenvalue weighted by atomic mass is 16.5. The van der Waals surface area contributed by atoms with Gasteiger partial charge in [-0.15, -0.1) is 0 Å². The summed E-state index contributed by atoms with van der Waals surface area (Å²) in [6, 6.07) is 1.97. The second-order valence-corrected chi connectivity index (χ2v) is 4.25. The lowest BCUT2D eigenvalue weighted by Crippen LogP contribution is -2.15. The molecule has 1 aromatic heterocycles. The van der Waals surface area contributed by atoms with Crippen LogP contribution in [0.2, 0.25) is 0 Å². The first-order chi connectivity index (χ1) is 7.75. The molecule has 1 fully saturated rings. The number of pyridine rings is 1. The predicted molar refractivity (Wildman–Crippen MR) is 61.9 cm³/mol. The molecule has 0 radical (unpaired) electrons. The van der Waals surface area contributed by atoms with Crippen LogP contribution in [0, 0.1) is 0 Å².